The minimum absolute atomic E-state index is 0.403. The normalized spacial score (nSPS) is 24.2. The number of aliphatic imine (C=N–C) groups is 4. The van der Waals surface area contributed by atoms with Crippen molar-refractivity contribution in [3.63, 3.8) is 0 Å². The fourth-order valence-electron chi connectivity index (χ4n) is 7.34. The summed E-state index contributed by atoms with van der Waals surface area (Å²) in [5.74, 6) is 0.806. The van der Waals surface area contributed by atoms with E-state index >= 15 is 0 Å². The summed E-state index contributed by atoms with van der Waals surface area (Å²) in [7, 11) is 0. The van der Waals surface area contributed by atoms with Gasteiger partial charge in [0, 0.05) is 23.2 Å². The first-order chi connectivity index (χ1) is 19.5. The first kappa shape index (κ1) is 28.4. The van der Waals surface area contributed by atoms with Crippen molar-refractivity contribution in [2.24, 2.45) is 31.8 Å². The SMILES string of the molecule is CCC1=C(CC)C2=NC1=CC1=NC(=CC3=NC(=CC4=NC(=C2)C(CC)=C4CC)C(CC)C3CC)C(CC)=C1CC. The summed E-state index contributed by atoms with van der Waals surface area (Å²) in [6.07, 6.45) is 17.0. The van der Waals surface area contributed by atoms with E-state index in [4.69, 9.17) is 20.0 Å². The Hall–Kier alpha value is -3.14. The van der Waals surface area contributed by atoms with Crippen molar-refractivity contribution < 1.29 is 0 Å². The molecule has 0 N–H and O–H groups in total. The molecule has 0 spiro atoms. The van der Waals surface area contributed by atoms with Gasteiger partial charge in [0.25, 0.3) is 0 Å². The Morgan fingerprint density at radius 3 is 1.18 bits per heavy atom. The summed E-state index contributed by atoms with van der Waals surface area (Å²) in [5, 5.41) is 0. The standard InChI is InChI=1S/C36H46N4/c1-9-21-22(10-2)30-18-32-25(13-5)26(14-6)34(39-32)20-36-28(16-8)27(15-7)35(40-36)19-33-24(12-4)23(11-3)31(38-33)17-29(21)37-30/h17-22H,9-16H2,1-8H3. The van der Waals surface area contributed by atoms with E-state index in [1.54, 1.807) is 0 Å². The van der Waals surface area contributed by atoms with Gasteiger partial charge in [-0.05, 0) is 109 Å². The first-order valence-corrected chi connectivity index (χ1v) is 15.9. The lowest BCUT2D eigenvalue weighted by Gasteiger charge is -2.18. The Morgan fingerprint density at radius 1 is 0.425 bits per heavy atom. The zero-order chi connectivity index (χ0) is 28.6. The smallest absolute Gasteiger partial charge is 0.0694 e. The van der Waals surface area contributed by atoms with Crippen LogP contribution in [-0.4, -0.2) is 22.8 Å². The second kappa shape index (κ2) is 11.8. The number of nitrogens with zero attached hydrogens (tertiary/aromatic N) is 4. The van der Waals surface area contributed by atoms with E-state index in [0.29, 0.717) is 11.8 Å². The van der Waals surface area contributed by atoms with E-state index < -0.39 is 0 Å². The highest BCUT2D eigenvalue weighted by molar-refractivity contribution is 6.18. The molecule has 5 heterocycles. The topological polar surface area (TPSA) is 49.4 Å². The Kier molecular flexibility index (Phi) is 8.35. The van der Waals surface area contributed by atoms with Gasteiger partial charge in [0.1, 0.15) is 0 Å². The van der Waals surface area contributed by atoms with Gasteiger partial charge in [-0.2, -0.15) is 0 Å². The molecular weight excluding hydrogens is 488 g/mol. The van der Waals surface area contributed by atoms with E-state index in [2.05, 4.69) is 79.7 Å². The lowest BCUT2D eigenvalue weighted by molar-refractivity contribution is 0.474. The van der Waals surface area contributed by atoms with Gasteiger partial charge in [-0.3, -0.25) is 4.99 Å². The van der Waals surface area contributed by atoms with E-state index in [-0.39, 0.29) is 0 Å². The predicted molar refractivity (Wildman–Crippen MR) is 172 cm³/mol. The van der Waals surface area contributed by atoms with Crippen molar-refractivity contribution in [3.05, 3.63) is 80.5 Å². The number of fused-ring (bicyclic) bond motifs is 4. The first-order valence-electron chi connectivity index (χ1n) is 15.9. The summed E-state index contributed by atoms with van der Waals surface area (Å²) < 4.78 is 0. The molecule has 210 valence electrons. The van der Waals surface area contributed by atoms with Crippen molar-refractivity contribution in [3.8, 4) is 0 Å². The lowest BCUT2D eigenvalue weighted by Crippen LogP contribution is -2.16. The molecule has 5 aliphatic heterocycles. The van der Waals surface area contributed by atoms with Crippen LogP contribution in [0.4, 0.5) is 0 Å². The number of rotatable bonds is 8. The van der Waals surface area contributed by atoms with Crippen LogP contribution < -0.4 is 0 Å². The molecule has 8 bridgehead atoms. The Bertz CT molecular complexity index is 1460. The summed E-state index contributed by atoms with van der Waals surface area (Å²) in [5.41, 5.74) is 16.9. The van der Waals surface area contributed by atoms with Crippen molar-refractivity contribution in [1.29, 1.82) is 0 Å². The molecule has 4 nitrogen and oxygen atoms in total. The molecule has 4 heteroatoms. The van der Waals surface area contributed by atoms with Crippen molar-refractivity contribution in [1.82, 2.24) is 0 Å². The van der Waals surface area contributed by atoms with E-state index in [0.717, 1.165) is 85.6 Å². The minimum Gasteiger partial charge on any atom is -0.257 e. The molecule has 0 fully saturated rings. The van der Waals surface area contributed by atoms with Crippen molar-refractivity contribution in [2.75, 3.05) is 0 Å². The zero-order valence-corrected chi connectivity index (χ0v) is 25.9. The van der Waals surface area contributed by atoms with E-state index in [1.807, 2.05) is 0 Å². The third-order valence-corrected chi connectivity index (χ3v) is 9.29. The van der Waals surface area contributed by atoms with Crippen LogP contribution in [-0.2, 0) is 0 Å². The Labute approximate surface area is 241 Å². The average Bonchev–Trinajstić information content (AvgIpc) is 3.67. The molecule has 0 aromatic rings. The van der Waals surface area contributed by atoms with Gasteiger partial charge in [-0.15, -0.1) is 0 Å². The summed E-state index contributed by atoms with van der Waals surface area (Å²) in [4.78, 5) is 21.1. The molecule has 0 aromatic carbocycles. The van der Waals surface area contributed by atoms with Crippen molar-refractivity contribution in [2.45, 2.75) is 107 Å². The molecule has 40 heavy (non-hydrogen) atoms. The Morgan fingerprint density at radius 2 is 0.800 bits per heavy atom. The highest BCUT2D eigenvalue weighted by Crippen LogP contribution is 2.41. The van der Waals surface area contributed by atoms with Gasteiger partial charge in [0.05, 0.1) is 34.2 Å². The van der Waals surface area contributed by atoms with Crippen LogP contribution in [0.1, 0.15) is 107 Å². The van der Waals surface area contributed by atoms with E-state index in [9.17, 15) is 0 Å². The highest BCUT2D eigenvalue weighted by Gasteiger charge is 2.34. The highest BCUT2D eigenvalue weighted by atomic mass is 14.9. The maximum atomic E-state index is 5.33. The molecule has 0 aromatic heterocycles. The molecular formula is C36H46N4. The second-order valence-corrected chi connectivity index (χ2v) is 11.2. The van der Waals surface area contributed by atoms with Gasteiger partial charge < -0.3 is 0 Å². The zero-order valence-electron chi connectivity index (χ0n) is 25.9. The van der Waals surface area contributed by atoms with Gasteiger partial charge in [0.15, 0.2) is 0 Å². The van der Waals surface area contributed by atoms with Gasteiger partial charge in [-0.1, -0.05) is 55.4 Å². The molecule has 0 aliphatic carbocycles. The molecule has 0 saturated heterocycles. The van der Waals surface area contributed by atoms with Crippen LogP contribution in [0.3, 0.4) is 0 Å². The van der Waals surface area contributed by atoms with Gasteiger partial charge >= 0.3 is 0 Å². The van der Waals surface area contributed by atoms with Crippen LogP contribution in [0.15, 0.2) is 101 Å². The maximum absolute atomic E-state index is 5.33. The summed E-state index contributed by atoms with van der Waals surface area (Å²) in [6.45, 7) is 18.1. The fraction of sp³-hybridized carbons (Fsp3) is 0.500. The third-order valence-electron chi connectivity index (χ3n) is 9.29. The number of allylic oxidation sites excluding steroid dienone is 11. The maximum Gasteiger partial charge on any atom is 0.0694 e. The monoisotopic (exact) mass is 534 g/mol. The molecule has 0 amide bonds. The molecule has 0 radical (unpaired) electrons. The van der Waals surface area contributed by atoms with Crippen LogP contribution >= 0.6 is 0 Å². The van der Waals surface area contributed by atoms with Crippen LogP contribution in [0.25, 0.3) is 0 Å². The van der Waals surface area contributed by atoms with Gasteiger partial charge in [-0.25, -0.2) is 15.0 Å². The van der Waals surface area contributed by atoms with E-state index in [1.165, 1.54) is 44.8 Å². The van der Waals surface area contributed by atoms with Crippen LogP contribution in [0.2, 0.25) is 0 Å². The summed E-state index contributed by atoms with van der Waals surface area (Å²) in [6, 6.07) is 0. The fourth-order valence-corrected chi connectivity index (χ4v) is 7.34. The molecule has 2 atom stereocenters. The number of hydrogen-bond acceptors (Lipinski definition) is 4. The van der Waals surface area contributed by atoms with Crippen LogP contribution in [0, 0.1) is 11.8 Å². The minimum atomic E-state index is 0.403. The molecule has 0 saturated carbocycles. The molecule has 5 rings (SSSR count). The summed E-state index contributed by atoms with van der Waals surface area (Å²) >= 11 is 0. The predicted octanol–water partition coefficient (Wildman–Crippen LogP) is 9.76. The average molecular weight is 535 g/mol. The number of hydrogen-bond donors (Lipinski definition) is 0. The van der Waals surface area contributed by atoms with Crippen LogP contribution in [0.5, 0.6) is 0 Å². The lowest BCUT2D eigenvalue weighted by atomic mass is 9.84. The molecule has 5 aliphatic rings. The molecule has 2 unspecified atom stereocenters. The Balaban J connectivity index is 1.83. The van der Waals surface area contributed by atoms with Crippen molar-refractivity contribution >= 4 is 22.8 Å². The van der Waals surface area contributed by atoms with Gasteiger partial charge in [0.2, 0.25) is 0 Å². The quantitative estimate of drug-likeness (QED) is 0.298. The third kappa shape index (κ3) is 4.63. The second-order valence-electron chi connectivity index (χ2n) is 11.2. The largest absolute Gasteiger partial charge is 0.257 e.